The molecule has 3 aliphatic carbocycles. The molecule has 0 amide bonds. The van der Waals surface area contributed by atoms with Crippen LogP contribution in [0.15, 0.2) is 42.6 Å². The van der Waals surface area contributed by atoms with Crippen LogP contribution in [0.5, 0.6) is 11.5 Å². The fourth-order valence-electron chi connectivity index (χ4n) is 9.31. The Hall–Kier alpha value is -3.63. The van der Waals surface area contributed by atoms with E-state index in [0.717, 1.165) is 42.4 Å². The molecule has 0 radical (unpaired) electrons. The number of allylic oxidation sites excluding steroid dienone is 1. The topological polar surface area (TPSA) is 150 Å². The highest BCUT2D eigenvalue weighted by atomic mass is 16.6. The molecule has 5 rings (SSSR count). The van der Waals surface area contributed by atoms with Crippen molar-refractivity contribution in [1.29, 1.82) is 0 Å². The summed E-state index contributed by atoms with van der Waals surface area (Å²) in [6.07, 6.45) is 9.82. The molecule has 4 N–H and O–H groups in total. The number of anilines is 1. The first-order chi connectivity index (χ1) is 23.9. The first-order valence-corrected chi connectivity index (χ1v) is 18.2. The second-order valence-corrected chi connectivity index (χ2v) is 15.1. The summed E-state index contributed by atoms with van der Waals surface area (Å²) in [7, 11) is 3.23. The lowest BCUT2D eigenvalue weighted by Crippen LogP contribution is -2.46. The minimum atomic E-state index is -0.577. The van der Waals surface area contributed by atoms with Crippen molar-refractivity contribution in [3.8, 4) is 22.6 Å². The van der Waals surface area contributed by atoms with Gasteiger partial charge in [0.25, 0.3) is 0 Å². The number of phenolic OH excluding ortho intramolecular Hbond substituents is 1. The number of aromatic nitrogens is 1. The summed E-state index contributed by atoms with van der Waals surface area (Å²) in [5.74, 6) is 2.04. The largest absolute Gasteiger partial charge is 0.504 e. The maximum Gasteiger partial charge on any atom is 0.302 e. The zero-order valence-electron chi connectivity index (χ0n) is 30.4. The minimum Gasteiger partial charge on any atom is -0.504 e. The van der Waals surface area contributed by atoms with Crippen LogP contribution in [0.3, 0.4) is 0 Å². The molecule has 50 heavy (non-hydrogen) atoms. The fraction of sp³-hybridized carbons (Fsp3) is 0.625. The van der Waals surface area contributed by atoms with E-state index in [4.69, 9.17) is 24.7 Å². The molecular formula is C40H56N2O8. The molecule has 1 aromatic heterocycles. The van der Waals surface area contributed by atoms with Gasteiger partial charge in [-0.2, -0.15) is 0 Å². The molecule has 1 heterocycles. The number of carbonyl (C=O) groups excluding carboxylic acids is 2. The summed E-state index contributed by atoms with van der Waals surface area (Å²) in [6.45, 7) is 7.41. The molecule has 274 valence electrons. The molecule has 0 unspecified atom stereocenters. The van der Waals surface area contributed by atoms with Gasteiger partial charge >= 0.3 is 11.9 Å². The van der Waals surface area contributed by atoms with Crippen molar-refractivity contribution in [1.82, 2.24) is 4.98 Å². The van der Waals surface area contributed by atoms with E-state index in [-0.39, 0.29) is 23.7 Å². The Morgan fingerprint density at radius 2 is 1.74 bits per heavy atom. The minimum absolute atomic E-state index is 0.00632. The summed E-state index contributed by atoms with van der Waals surface area (Å²) in [4.78, 5) is 29.2. The molecule has 2 aromatic rings. The number of hydrogen-bond acceptors (Lipinski definition) is 10. The van der Waals surface area contributed by atoms with Crippen LogP contribution >= 0.6 is 0 Å². The number of esters is 2. The number of phenols is 1. The van der Waals surface area contributed by atoms with E-state index in [0.29, 0.717) is 66.8 Å². The molecule has 2 fully saturated rings. The Bertz CT molecular complexity index is 1510. The smallest absolute Gasteiger partial charge is 0.302 e. The van der Waals surface area contributed by atoms with Gasteiger partial charge in [0.2, 0.25) is 0 Å². The van der Waals surface area contributed by atoms with Gasteiger partial charge in [0.1, 0.15) is 18.0 Å². The van der Waals surface area contributed by atoms with Gasteiger partial charge in [-0.05, 0) is 127 Å². The van der Waals surface area contributed by atoms with Crippen LogP contribution in [-0.2, 0) is 30.2 Å². The van der Waals surface area contributed by atoms with E-state index in [1.165, 1.54) is 21.0 Å². The average Bonchev–Trinajstić information content (AvgIpc) is 3.23. The standard InChI is InChI=1S/C40H56N2O8/c1-22(2)32-14-25-7-9-30(47-5)19-35-34(25)15-28(32)13-29(16-36(35)45)38(50-24(4)44)20-31(49-23(3)43)10-8-26-17-39(48-6)37(46)21-33(26)27-11-12-42-40(41)18-27/h7,9,11-12,17-18,21-22,25,28-32,34-36,38,45-46H,8,10,13-16,19-20H2,1-6H3,(H2,41,42)/t25-,28-,29+,30-,31-,32+,34+,35-,36+,38-/m1/s1. The third kappa shape index (κ3) is 8.99. The maximum atomic E-state index is 12.7. The fourth-order valence-corrected chi connectivity index (χ4v) is 9.31. The number of nitrogen functional groups attached to an aromatic ring is 1. The Kier molecular flexibility index (Phi) is 12.5. The van der Waals surface area contributed by atoms with Crippen molar-refractivity contribution in [3.63, 3.8) is 0 Å². The molecule has 2 saturated carbocycles. The van der Waals surface area contributed by atoms with E-state index in [9.17, 15) is 19.8 Å². The Labute approximate surface area is 296 Å². The second kappa shape index (κ2) is 16.6. The van der Waals surface area contributed by atoms with E-state index in [1.807, 2.05) is 6.07 Å². The molecule has 10 heteroatoms. The Morgan fingerprint density at radius 1 is 0.980 bits per heavy atom. The lowest BCUT2D eigenvalue weighted by atomic mass is 9.57. The van der Waals surface area contributed by atoms with Gasteiger partial charge in [0, 0.05) is 33.6 Å². The number of aliphatic hydroxyl groups is 1. The number of rotatable bonds is 12. The van der Waals surface area contributed by atoms with Crippen molar-refractivity contribution in [2.45, 2.75) is 103 Å². The number of methoxy groups -OCH3 is 2. The number of benzene rings is 1. The Morgan fingerprint density at radius 3 is 2.40 bits per heavy atom. The van der Waals surface area contributed by atoms with Crippen LogP contribution in [0.25, 0.3) is 11.1 Å². The number of aryl methyl sites for hydroxylation is 1. The second-order valence-electron chi connectivity index (χ2n) is 15.1. The van der Waals surface area contributed by atoms with E-state index in [2.05, 4.69) is 31.0 Å². The predicted molar refractivity (Wildman–Crippen MR) is 191 cm³/mol. The molecule has 3 aliphatic rings. The molecule has 0 spiro atoms. The highest BCUT2D eigenvalue weighted by Crippen LogP contribution is 2.53. The summed E-state index contributed by atoms with van der Waals surface area (Å²) in [6, 6.07) is 7.00. The molecule has 2 bridgehead atoms. The normalized spacial score (nSPS) is 28.9. The first-order valence-electron chi connectivity index (χ1n) is 18.2. The van der Waals surface area contributed by atoms with E-state index in [1.54, 1.807) is 31.5 Å². The van der Waals surface area contributed by atoms with Crippen molar-refractivity contribution < 1.29 is 38.7 Å². The van der Waals surface area contributed by atoms with Gasteiger partial charge in [-0.25, -0.2) is 4.98 Å². The van der Waals surface area contributed by atoms with Crippen LogP contribution in [-0.4, -0.2) is 65.8 Å². The quantitative estimate of drug-likeness (QED) is 0.166. The number of carbonyl (C=O) groups is 2. The SMILES string of the molecule is COc1cc(CC[C@H](C[C@@H](OC(C)=O)[C@H]2C[C@@H]3C[C@@H]4[C@@H](C[C@H](OC)C=C[C@@H]4C[C@H]3C(C)C)[C@@H](O)C2)OC(C)=O)c(-c2ccnc(N)c2)cc1O. The molecule has 1 aromatic carbocycles. The average molecular weight is 693 g/mol. The van der Waals surface area contributed by atoms with Crippen molar-refractivity contribution in [2.24, 2.45) is 41.4 Å². The number of aromatic hydroxyl groups is 1. The Balaban J connectivity index is 1.43. The predicted octanol–water partition coefficient (Wildman–Crippen LogP) is 6.51. The van der Waals surface area contributed by atoms with Gasteiger partial charge in [0.05, 0.1) is 19.3 Å². The summed E-state index contributed by atoms with van der Waals surface area (Å²) >= 11 is 0. The van der Waals surface area contributed by atoms with Crippen LogP contribution in [0.1, 0.15) is 78.2 Å². The number of ether oxygens (including phenoxy) is 4. The van der Waals surface area contributed by atoms with Crippen molar-refractivity contribution in [2.75, 3.05) is 20.0 Å². The summed E-state index contributed by atoms with van der Waals surface area (Å²) in [5.41, 5.74) is 8.40. The third-order valence-electron chi connectivity index (χ3n) is 11.6. The first kappa shape index (κ1) is 37.6. The van der Waals surface area contributed by atoms with Gasteiger partial charge in [-0.3, -0.25) is 9.59 Å². The number of pyridine rings is 1. The molecule has 10 nitrogen and oxygen atoms in total. The molecular weight excluding hydrogens is 636 g/mol. The number of nitrogens with two attached hydrogens (primary N) is 1. The maximum absolute atomic E-state index is 12.7. The van der Waals surface area contributed by atoms with Crippen LogP contribution in [0.2, 0.25) is 0 Å². The van der Waals surface area contributed by atoms with Gasteiger partial charge in [-0.15, -0.1) is 0 Å². The third-order valence-corrected chi connectivity index (χ3v) is 11.6. The summed E-state index contributed by atoms with van der Waals surface area (Å²) < 4.78 is 23.3. The lowest BCUT2D eigenvalue weighted by molar-refractivity contribution is -0.158. The van der Waals surface area contributed by atoms with E-state index >= 15 is 0 Å². The van der Waals surface area contributed by atoms with Gasteiger partial charge in [0.15, 0.2) is 11.5 Å². The van der Waals surface area contributed by atoms with Crippen LogP contribution in [0.4, 0.5) is 5.82 Å². The zero-order valence-corrected chi connectivity index (χ0v) is 30.4. The lowest BCUT2D eigenvalue weighted by Gasteiger charge is -2.50. The number of fused-ring (bicyclic) bond motifs is 1. The summed E-state index contributed by atoms with van der Waals surface area (Å²) in [5, 5.41) is 22.6. The molecule has 0 saturated heterocycles. The van der Waals surface area contributed by atoms with E-state index < -0.39 is 30.3 Å². The molecule has 0 aliphatic heterocycles. The van der Waals surface area contributed by atoms with Crippen molar-refractivity contribution >= 4 is 17.8 Å². The van der Waals surface area contributed by atoms with Crippen LogP contribution < -0.4 is 10.5 Å². The molecule has 10 atom stereocenters. The van der Waals surface area contributed by atoms with Crippen molar-refractivity contribution in [3.05, 3.63) is 48.2 Å². The zero-order chi connectivity index (χ0) is 36.1. The van der Waals surface area contributed by atoms with Gasteiger partial charge in [-0.1, -0.05) is 26.0 Å². The number of hydrogen-bond donors (Lipinski definition) is 3. The van der Waals surface area contributed by atoms with Crippen LogP contribution in [0, 0.1) is 41.4 Å². The highest BCUT2D eigenvalue weighted by molar-refractivity contribution is 5.72. The monoisotopic (exact) mass is 692 g/mol. The number of nitrogens with zero attached hydrogens (tertiary/aromatic N) is 1. The highest BCUT2D eigenvalue weighted by Gasteiger charge is 2.48. The van der Waals surface area contributed by atoms with Gasteiger partial charge < -0.3 is 34.9 Å². The number of aliphatic hydroxyl groups excluding tert-OH is 1.